The van der Waals surface area contributed by atoms with Crippen LogP contribution in [0.5, 0.6) is 0 Å². The second kappa shape index (κ2) is 38.1. The largest absolute Gasteiger partial charge is 0.462 e. The van der Waals surface area contributed by atoms with Crippen molar-refractivity contribution in [3.63, 3.8) is 0 Å². The summed E-state index contributed by atoms with van der Waals surface area (Å²) >= 11 is 0. The summed E-state index contributed by atoms with van der Waals surface area (Å²) in [5, 5.41) is 0. The van der Waals surface area contributed by atoms with E-state index in [9.17, 15) is 14.4 Å². The third-order valence-electron chi connectivity index (χ3n) is 9.97. The van der Waals surface area contributed by atoms with Crippen LogP contribution in [0.1, 0.15) is 240 Å². The van der Waals surface area contributed by atoms with E-state index >= 15 is 0 Å². The molecule has 0 aromatic rings. The first-order chi connectivity index (χ1) is 24.7. The number of ether oxygens (including phenoxy) is 3. The van der Waals surface area contributed by atoms with Crippen LogP contribution in [0.25, 0.3) is 0 Å². The molecule has 0 unspecified atom stereocenters. The van der Waals surface area contributed by atoms with Crippen LogP contribution >= 0.6 is 0 Å². The molecule has 0 rings (SSSR count). The van der Waals surface area contributed by atoms with Gasteiger partial charge in [0.2, 0.25) is 0 Å². The Hall–Kier alpha value is -1.59. The van der Waals surface area contributed by atoms with Crippen LogP contribution in [0, 0.1) is 11.8 Å². The molecular formula is C45H86O6. The van der Waals surface area contributed by atoms with Gasteiger partial charge in [0, 0.05) is 19.3 Å². The van der Waals surface area contributed by atoms with E-state index in [2.05, 4.69) is 34.6 Å². The molecule has 51 heavy (non-hydrogen) atoms. The Morgan fingerprint density at radius 2 is 0.647 bits per heavy atom. The van der Waals surface area contributed by atoms with Crippen molar-refractivity contribution < 1.29 is 28.6 Å². The van der Waals surface area contributed by atoms with Gasteiger partial charge in [-0.3, -0.25) is 14.4 Å². The minimum Gasteiger partial charge on any atom is -0.462 e. The molecule has 1 atom stereocenters. The Labute approximate surface area is 317 Å². The van der Waals surface area contributed by atoms with Crippen molar-refractivity contribution in [3.8, 4) is 0 Å². The summed E-state index contributed by atoms with van der Waals surface area (Å²) in [6.45, 7) is 11.3. The van der Waals surface area contributed by atoms with Crippen LogP contribution in [0.4, 0.5) is 0 Å². The van der Waals surface area contributed by atoms with E-state index in [0.29, 0.717) is 19.3 Å². The molecule has 6 heteroatoms. The first-order valence-electron chi connectivity index (χ1n) is 22.2. The lowest BCUT2D eigenvalue weighted by Crippen LogP contribution is -2.30. The van der Waals surface area contributed by atoms with Crippen molar-refractivity contribution in [1.29, 1.82) is 0 Å². The molecule has 0 saturated carbocycles. The normalized spacial score (nSPS) is 12.1. The molecule has 302 valence electrons. The Morgan fingerprint density at radius 3 is 0.961 bits per heavy atom. The maximum Gasteiger partial charge on any atom is 0.306 e. The van der Waals surface area contributed by atoms with E-state index in [-0.39, 0.29) is 31.1 Å². The fourth-order valence-corrected chi connectivity index (χ4v) is 6.58. The van der Waals surface area contributed by atoms with Crippen molar-refractivity contribution in [2.24, 2.45) is 11.8 Å². The zero-order valence-corrected chi connectivity index (χ0v) is 34.7. The summed E-state index contributed by atoms with van der Waals surface area (Å²) in [7, 11) is 0. The molecule has 0 aliphatic rings. The van der Waals surface area contributed by atoms with Gasteiger partial charge in [0.25, 0.3) is 0 Å². The molecule has 0 aliphatic carbocycles. The highest BCUT2D eigenvalue weighted by molar-refractivity contribution is 5.71. The van der Waals surface area contributed by atoms with Gasteiger partial charge in [-0.05, 0) is 31.1 Å². The monoisotopic (exact) mass is 723 g/mol. The average Bonchev–Trinajstić information content (AvgIpc) is 3.09. The number of rotatable bonds is 39. The second-order valence-corrected chi connectivity index (χ2v) is 16.3. The molecule has 0 amide bonds. The van der Waals surface area contributed by atoms with Crippen molar-refractivity contribution in [2.45, 2.75) is 246 Å². The van der Waals surface area contributed by atoms with Crippen LogP contribution in [0.15, 0.2) is 0 Å². The first-order valence-corrected chi connectivity index (χ1v) is 22.2. The lowest BCUT2D eigenvalue weighted by atomic mass is 10.0. The van der Waals surface area contributed by atoms with E-state index in [1.807, 2.05) is 0 Å². The quantitative estimate of drug-likeness (QED) is 0.0357. The lowest BCUT2D eigenvalue weighted by molar-refractivity contribution is -0.167. The lowest BCUT2D eigenvalue weighted by Gasteiger charge is -2.18. The van der Waals surface area contributed by atoms with E-state index in [1.54, 1.807) is 0 Å². The van der Waals surface area contributed by atoms with Crippen LogP contribution in [-0.2, 0) is 28.6 Å². The summed E-state index contributed by atoms with van der Waals surface area (Å²) in [5.74, 6) is 0.735. The highest BCUT2D eigenvalue weighted by atomic mass is 16.6. The molecule has 0 saturated heterocycles. The highest BCUT2D eigenvalue weighted by Crippen LogP contribution is 2.16. The van der Waals surface area contributed by atoms with Crippen molar-refractivity contribution in [3.05, 3.63) is 0 Å². The molecule has 0 aromatic heterocycles. The fourth-order valence-electron chi connectivity index (χ4n) is 6.58. The van der Waals surface area contributed by atoms with Gasteiger partial charge in [0.05, 0.1) is 0 Å². The average molecular weight is 723 g/mol. The molecule has 0 heterocycles. The minimum atomic E-state index is -0.760. The smallest absolute Gasteiger partial charge is 0.306 e. The Morgan fingerprint density at radius 1 is 0.373 bits per heavy atom. The van der Waals surface area contributed by atoms with Gasteiger partial charge >= 0.3 is 17.9 Å². The first kappa shape index (κ1) is 49.4. The zero-order valence-electron chi connectivity index (χ0n) is 34.7. The number of carbonyl (C=O) groups is 3. The third kappa shape index (κ3) is 39.5. The van der Waals surface area contributed by atoms with Crippen LogP contribution in [0.2, 0.25) is 0 Å². The zero-order chi connectivity index (χ0) is 37.6. The van der Waals surface area contributed by atoms with Gasteiger partial charge in [-0.15, -0.1) is 0 Å². The van der Waals surface area contributed by atoms with E-state index in [4.69, 9.17) is 14.2 Å². The molecule has 0 aromatic carbocycles. The summed E-state index contributed by atoms with van der Waals surface area (Å²) in [6, 6.07) is 0. The fraction of sp³-hybridized carbons (Fsp3) is 0.933. The molecule has 0 spiro atoms. The van der Waals surface area contributed by atoms with Crippen molar-refractivity contribution in [2.75, 3.05) is 13.2 Å². The summed E-state index contributed by atoms with van der Waals surface area (Å²) in [5.41, 5.74) is 0. The predicted molar refractivity (Wildman–Crippen MR) is 215 cm³/mol. The molecule has 0 aliphatic heterocycles. The Bertz CT molecular complexity index is 779. The van der Waals surface area contributed by atoms with Crippen LogP contribution in [0.3, 0.4) is 0 Å². The topological polar surface area (TPSA) is 78.9 Å². The Kier molecular flexibility index (Phi) is 37.0. The van der Waals surface area contributed by atoms with Gasteiger partial charge < -0.3 is 14.2 Å². The standard InChI is InChI=1S/C45H86O6/c1-6-7-8-9-10-11-15-20-25-30-35-43(46)49-38-42(39-50-44(47)36-31-26-22-17-19-24-29-34-41(4)5)51-45(48)37-32-27-21-16-13-12-14-18-23-28-33-40(2)3/h40-42H,6-39H2,1-5H3/t42-/m1/s1. The van der Waals surface area contributed by atoms with Gasteiger partial charge in [0.15, 0.2) is 6.10 Å². The van der Waals surface area contributed by atoms with Gasteiger partial charge in [-0.25, -0.2) is 0 Å². The van der Waals surface area contributed by atoms with E-state index in [0.717, 1.165) is 69.6 Å². The maximum atomic E-state index is 12.7. The van der Waals surface area contributed by atoms with Gasteiger partial charge in [-0.1, -0.05) is 202 Å². The number of hydrogen-bond donors (Lipinski definition) is 0. The number of carbonyl (C=O) groups excluding carboxylic acids is 3. The predicted octanol–water partition coefficient (Wildman–Crippen LogP) is 13.8. The summed E-state index contributed by atoms with van der Waals surface area (Å²) < 4.78 is 16.7. The SMILES string of the molecule is CCCCCCCCCCCCC(=O)OC[C@H](COC(=O)CCCCCCCCCC(C)C)OC(=O)CCCCCCCCCCCCC(C)C. The number of unbranched alkanes of at least 4 members (excludes halogenated alkanes) is 24. The molecule has 0 fully saturated rings. The molecular weight excluding hydrogens is 636 g/mol. The van der Waals surface area contributed by atoms with Crippen molar-refractivity contribution in [1.82, 2.24) is 0 Å². The molecule has 0 radical (unpaired) electrons. The second-order valence-electron chi connectivity index (χ2n) is 16.3. The third-order valence-corrected chi connectivity index (χ3v) is 9.97. The van der Waals surface area contributed by atoms with Gasteiger partial charge in [0.1, 0.15) is 13.2 Å². The molecule has 0 bridgehead atoms. The minimum absolute atomic E-state index is 0.0656. The Balaban J connectivity index is 4.34. The van der Waals surface area contributed by atoms with Crippen LogP contribution in [-0.4, -0.2) is 37.2 Å². The van der Waals surface area contributed by atoms with E-state index in [1.165, 1.54) is 128 Å². The van der Waals surface area contributed by atoms with Gasteiger partial charge in [-0.2, -0.15) is 0 Å². The van der Waals surface area contributed by atoms with Crippen LogP contribution < -0.4 is 0 Å². The molecule has 6 nitrogen and oxygen atoms in total. The number of esters is 3. The highest BCUT2D eigenvalue weighted by Gasteiger charge is 2.19. The maximum absolute atomic E-state index is 12.7. The molecule has 0 N–H and O–H groups in total. The summed E-state index contributed by atoms with van der Waals surface area (Å²) in [4.78, 5) is 37.6. The summed E-state index contributed by atoms with van der Waals surface area (Å²) in [6.07, 6.45) is 35.2. The van der Waals surface area contributed by atoms with Crippen molar-refractivity contribution >= 4 is 17.9 Å². The number of hydrogen-bond acceptors (Lipinski definition) is 6. The van der Waals surface area contributed by atoms with E-state index < -0.39 is 6.10 Å².